The van der Waals surface area contributed by atoms with E-state index < -0.39 is 0 Å². The molecule has 5 nitrogen and oxygen atoms in total. The van der Waals surface area contributed by atoms with Gasteiger partial charge in [-0.25, -0.2) is 0 Å². The molecule has 1 heterocycles. The first-order chi connectivity index (χ1) is 12.2. The van der Waals surface area contributed by atoms with Crippen molar-refractivity contribution in [2.24, 2.45) is 0 Å². The molecule has 5 heteroatoms. The van der Waals surface area contributed by atoms with Crippen molar-refractivity contribution in [1.29, 1.82) is 0 Å². The minimum absolute atomic E-state index is 0.0672. The number of likely N-dealkylation sites (tertiary alicyclic amines) is 1. The van der Waals surface area contributed by atoms with Crippen LogP contribution in [0.3, 0.4) is 0 Å². The summed E-state index contributed by atoms with van der Waals surface area (Å²) in [5.74, 6) is 0.0143. The summed E-state index contributed by atoms with van der Waals surface area (Å²) in [5, 5.41) is 8.20. The number of nitrogens with zero attached hydrogens (tertiary/aromatic N) is 1. The van der Waals surface area contributed by atoms with Gasteiger partial charge in [-0.3, -0.25) is 14.5 Å². The number of benzene rings is 2. The van der Waals surface area contributed by atoms with E-state index in [-0.39, 0.29) is 24.4 Å². The molecule has 1 atom stereocenters. The predicted molar refractivity (Wildman–Crippen MR) is 98.3 cm³/mol. The minimum Gasteiger partial charge on any atom is -0.352 e. The van der Waals surface area contributed by atoms with E-state index in [2.05, 4.69) is 10.6 Å². The third-order valence-electron chi connectivity index (χ3n) is 5.00. The molecule has 1 aliphatic heterocycles. The van der Waals surface area contributed by atoms with Crippen molar-refractivity contribution in [3.8, 4) is 0 Å². The standard InChI is InChI=1S/C20H23N3O2/c24-19(22-17-8-3-6-14-5-1-2-7-16(14)17)13-23-12-4-9-18(23)20(25)21-15-10-11-15/h1-3,5-8,15,18H,4,9-13H2,(H,21,25)(H,22,24)/t18-/m1/s1. The Balaban J connectivity index is 1.41. The average molecular weight is 337 g/mol. The third kappa shape index (κ3) is 3.66. The van der Waals surface area contributed by atoms with Crippen molar-refractivity contribution in [2.45, 2.75) is 37.8 Å². The molecule has 2 aromatic rings. The number of carbonyl (C=O) groups excluding carboxylic acids is 2. The quantitative estimate of drug-likeness (QED) is 0.881. The largest absolute Gasteiger partial charge is 0.352 e. The second-order valence-electron chi connectivity index (χ2n) is 6.99. The Kier molecular flexibility index (Phi) is 4.40. The second-order valence-corrected chi connectivity index (χ2v) is 6.99. The van der Waals surface area contributed by atoms with E-state index in [0.717, 1.165) is 48.7 Å². The molecular formula is C20H23N3O2. The number of anilines is 1. The highest BCUT2D eigenvalue weighted by Gasteiger charge is 2.34. The van der Waals surface area contributed by atoms with Gasteiger partial charge in [0.1, 0.15) is 0 Å². The van der Waals surface area contributed by atoms with Crippen LogP contribution in [0.5, 0.6) is 0 Å². The summed E-state index contributed by atoms with van der Waals surface area (Å²) >= 11 is 0. The Hall–Kier alpha value is -2.40. The number of carbonyl (C=O) groups is 2. The van der Waals surface area contributed by atoms with Gasteiger partial charge in [0.25, 0.3) is 0 Å². The Morgan fingerprint density at radius 2 is 1.84 bits per heavy atom. The van der Waals surface area contributed by atoms with E-state index in [0.29, 0.717) is 6.04 Å². The number of hydrogen-bond acceptors (Lipinski definition) is 3. The van der Waals surface area contributed by atoms with Crippen LogP contribution in [0.25, 0.3) is 10.8 Å². The maximum absolute atomic E-state index is 12.5. The van der Waals surface area contributed by atoms with Gasteiger partial charge in [-0.2, -0.15) is 0 Å². The molecular weight excluding hydrogens is 314 g/mol. The van der Waals surface area contributed by atoms with E-state index in [4.69, 9.17) is 0 Å². The highest BCUT2D eigenvalue weighted by Crippen LogP contribution is 2.24. The highest BCUT2D eigenvalue weighted by molar-refractivity contribution is 6.02. The van der Waals surface area contributed by atoms with Gasteiger partial charge in [-0.05, 0) is 43.7 Å². The summed E-state index contributed by atoms with van der Waals surface area (Å²) in [4.78, 5) is 26.9. The van der Waals surface area contributed by atoms with Crippen molar-refractivity contribution < 1.29 is 9.59 Å². The molecule has 0 spiro atoms. The van der Waals surface area contributed by atoms with Crippen LogP contribution < -0.4 is 10.6 Å². The van der Waals surface area contributed by atoms with Gasteiger partial charge < -0.3 is 10.6 Å². The Labute approximate surface area is 147 Å². The molecule has 2 aromatic carbocycles. The van der Waals surface area contributed by atoms with Crippen LogP contribution >= 0.6 is 0 Å². The summed E-state index contributed by atoms with van der Waals surface area (Å²) in [6.07, 6.45) is 3.96. The monoisotopic (exact) mass is 337 g/mol. The van der Waals surface area contributed by atoms with Crippen LogP contribution in [0, 0.1) is 0 Å². The minimum atomic E-state index is -0.168. The fourth-order valence-electron chi connectivity index (χ4n) is 3.55. The fourth-order valence-corrected chi connectivity index (χ4v) is 3.55. The first-order valence-electron chi connectivity index (χ1n) is 9.03. The van der Waals surface area contributed by atoms with E-state index in [9.17, 15) is 9.59 Å². The van der Waals surface area contributed by atoms with Gasteiger partial charge in [0.2, 0.25) is 11.8 Å². The first-order valence-corrected chi connectivity index (χ1v) is 9.03. The molecule has 2 N–H and O–H groups in total. The zero-order valence-corrected chi connectivity index (χ0v) is 14.2. The molecule has 1 saturated carbocycles. The lowest BCUT2D eigenvalue weighted by Gasteiger charge is -2.23. The normalized spacial score (nSPS) is 20.6. The molecule has 2 aliphatic rings. The van der Waals surface area contributed by atoms with Gasteiger partial charge in [0.05, 0.1) is 12.6 Å². The van der Waals surface area contributed by atoms with Crippen LogP contribution in [-0.4, -0.2) is 41.9 Å². The zero-order valence-electron chi connectivity index (χ0n) is 14.2. The molecule has 1 saturated heterocycles. The van der Waals surface area contributed by atoms with Crippen molar-refractivity contribution in [3.63, 3.8) is 0 Å². The number of fused-ring (bicyclic) bond motifs is 1. The molecule has 0 unspecified atom stereocenters. The lowest BCUT2D eigenvalue weighted by atomic mass is 10.1. The molecule has 0 aromatic heterocycles. The second kappa shape index (κ2) is 6.84. The maximum Gasteiger partial charge on any atom is 0.238 e. The van der Waals surface area contributed by atoms with E-state index in [1.54, 1.807) is 0 Å². The summed E-state index contributed by atoms with van der Waals surface area (Å²) in [7, 11) is 0. The lowest BCUT2D eigenvalue weighted by Crippen LogP contribution is -2.46. The SMILES string of the molecule is O=C(CN1CCC[C@@H]1C(=O)NC1CC1)Nc1cccc2ccccc12. The molecule has 25 heavy (non-hydrogen) atoms. The average Bonchev–Trinajstić information content (AvgIpc) is 3.30. The molecule has 130 valence electrons. The van der Waals surface area contributed by atoms with Gasteiger partial charge >= 0.3 is 0 Å². The van der Waals surface area contributed by atoms with Crippen LogP contribution in [-0.2, 0) is 9.59 Å². The van der Waals surface area contributed by atoms with Gasteiger partial charge in [0, 0.05) is 17.1 Å². The molecule has 1 aliphatic carbocycles. The lowest BCUT2D eigenvalue weighted by molar-refractivity contribution is -0.126. The Morgan fingerprint density at radius 1 is 1.04 bits per heavy atom. The molecule has 4 rings (SSSR count). The van der Waals surface area contributed by atoms with E-state index >= 15 is 0 Å². The zero-order chi connectivity index (χ0) is 17.2. The van der Waals surface area contributed by atoms with Crippen LogP contribution in [0.15, 0.2) is 42.5 Å². The van der Waals surface area contributed by atoms with Crippen molar-refractivity contribution in [2.75, 3.05) is 18.4 Å². The van der Waals surface area contributed by atoms with Gasteiger partial charge in [0.15, 0.2) is 0 Å². The first kappa shape index (κ1) is 16.1. The van der Waals surface area contributed by atoms with E-state index in [1.165, 1.54) is 0 Å². The summed E-state index contributed by atoms with van der Waals surface area (Å²) in [6.45, 7) is 1.05. The number of amides is 2. The molecule has 0 radical (unpaired) electrons. The summed E-state index contributed by atoms with van der Waals surface area (Å²) in [6, 6.07) is 14.1. The molecule has 2 amide bonds. The Bertz CT molecular complexity index is 795. The number of nitrogens with one attached hydrogen (secondary N) is 2. The van der Waals surface area contributed by atoms with Crippen LogP contribution in [0.1, 0.15) is 25.7 Å². The topological polar surface area (TPSA) is 61.4 Å². The Morgan fingerprint density at radius 3 is 2.68 bits per heavy atom. The molecule has 0 bridgehead atoms. The predicted octanol–water partition coefficient (Wildman–Crippen LogP) is 2.52. The third-order valence-corrected chi connectivity index (χ3v) is 5.00. The maximum atomic E-state index is 12.5. The van der Waals surface area contributed by atoms with Crippen LogP contribution in [0.2, 0.25) is 0 Å². The van der Waals surface area contributed by atoms with Crippen molar-refractivity contribution >= 4 is 28.3 Å². The number of rotatable bonds is 5. The molecule has 2 fully saturated rings. The van der Waals surface area contributed by atoms with E-state index in [1.807, 2.05) is 47.4 Å². The highest BCUT2D eigenvalue weighted by atomic mass is 16.2. The summed E-state index contributed by atoms with van der Waals surface area (Å²) < 4.78 is 0. The van der Waals surface area contributed by atoms with Gasteiger partial charge in [-0.1, -0.05) is 36.4 Å². The van der Waals surface area contributed by atoms with Crippen molar-refractivity contribution in [1.82, 2.24) is 10.2 Å². The van der Waals surface area contributed by atoms with Gasteiger partial charge in [-0.15, -0.1) is 0 Å². The van der Waals surface area contributed by atoms with Crippen LogP contribution in [0.4, 0.5) is 5.69 Å². The smallest absolute Gasteiger partial charge is 0.238 e. The summed E-state index contributed by atoms with van der Waals surface area (Å²) in [5.41, 5.74) is 0.821. The van der Waals surface area contributed by atoms with Crippen molar-refractivity contribution in [3.05, 3.63) is 42.5 Å². The fraction of sp³-hybridized carbons (Fsp3) is 0.400. The number of hydrogen-bond donors (Lipinski definition) is 2.